The molecule has 3 rings (SSSR count). The van der Waals surface area contributed by atoms with Gasteiger partial charge in [0, 0.05) is 25.9 Å². The van der Waals surface area contributed by atoms with E-state index in [4.69, 9.17) is 4.74 Å². The van der Waals surface area contributed by atoms with Crippen molar-refractivity contribution in [2.24, 2.45) is 0 Å². The van der Waals surface area contributed by atoms with Crippen molar-refractivity contribution < 1.29 is 19.4 Å². The number of carbonyl (C=O) groups is 2. The van der Waals surface area contributed by atoms with Crippen molar-refractivity contribution in [3.05, 3.63) is 26.7 Å². The molecule has 1 saturated heterocycles. The summed E-state index contributed by atoms with van der Waals surface area (Å²) in [5, 5.41) is 12.9. The van der Waals surface area contributed by atoms with Crippen LogP contribution < -0.4 is 10.2 Å². The highest BCUT2D eigenvalue weighted by Crippen LogP contribution is 2.29. The fraction of sp³-hybridized carbons (Fsp3) is 0.529. The first-order chi connectivity index (χ1) is 13.3. The number of hydrogen-bond donors (Lipinski definition) is 3. The fourth-order valence-corrected chi connectivity index (χ4v) is 4.67. The number of aryl methyl sites for hydroxylation is 2. The minimum atomic E-state index is -0.970. The van der Waals surface area contributed by atoms with Crippen molar-refractivity contribution in [1.82, 2.24) is 20.3 Å². The molecule has 1 aliphatic rings. The van der Waals surface area contributed by atoms with Crippen LogP contribution in [-0.2, 0) is 11.2 Å². The quantitative estimate of drug-likeness (QED) is 0.590. The number of H-pyrrole nitrogens is 1. The van der Waals surface area contributed by atoms with Crippen LogP contribution >= 0.6 is 27.3 Å². The van der Waals surface area contributed by atoms with E-state index in [1.54, 1.807) is 14.0 Å². The topological polar surface area (TPSA) is 120 Å². The number of anilines is 1. The average Bonchev–Trinajstić information content (AvgIpc) is 3.24. The van der Waals surface area contributed by atoms with Crippen LogP contribution in [0.1, 0.15) is 45.0 Å². The highest BCUT2D eigenvalue weighted by molar-refractivity contribution is 9.10. The Morgan fingerprint density at radius 1 is 1.46 bits per heavy atom. The Balaban J connectivity index is 1.68. The lowest BCUT2D eigenvalue weighted by Crippen LogP contribution is -2.55. The number of halogens is 1. The van der Waals surface area contributed by atoms with E-state index in [9.17, 15) is 14.7 Å². The third-order valence-corrected chi connectivity index (χ3v) is 6.59. The number of methoxy groups -OCH3 is 1. The summed E-state index contributed by atoms with van der Waals surface area (Å²) in [5.74, 6) is -0.982. The molecule has 28 heavy (non-hydrogen) atoms. The Bertz CT molecular complexity index is 883. The van der Waals surface area contributed by atoms with Crippen molar-refractivity contribution >= 4 is 44.3 Å². The smallest absolute Gasteiger partial charge is 0.347 e. The lowest BCUT2D eigenvalue weighted by Gasteiger charge is -2.37. The summed E-state index contributed by atoms with van der Waals surface area (Å²) in [6.07, 6.45) is 1.14. The Kier molecular flexibility index (Phi) is 6.36. The molecule has 0 aliphatic carbocycles. The summed E-state index contributed by atoms with van der Waals surface area (Å²) in [6, 6.07) is -0.178. The number of nitrogens with zero attached hydrogens (tertiary/aromatic N) is 3. The van der Waals surface area contributed by atoms with Gasteiger partial charge in [-0.3, -0.25) is 4.79 Å². The maximum absolute atomic E-state index is 12.6. The Morgan fingerprint density at radius 2 is 2.21 bits per heavy atom. The number of ether oxygens (including phenoxy) is 1. The van der Waals surface area contributed by atoms with Crippen molar-refractivity contribution in [1.29, 1.82) is 0 Å². The Morgan fingerprint density at radius 3 is 2.79 bits per heavy atom. The first-order valence-corrected chi connectivity index (χ1v) is 10.5. The predicted octanol–water partition coefficient (Wildman–Crippen LogP) is 2.22. The third kappa shape index (κ3) is 4.20. The number of rotatable bonds is 6. The van der Waals surface area contributed by atoms with Crippen LogP contribution in [0, 0.1) is 6.92 Å². The lowest BCUT2D eigenvalue weighted by atomic mass is 10.0. The minimum Gasteiger partial charge on any atom is -0.477 e. The van der Waals surface area contributed by atoms with E-state index < -0.39 is 5.97 Å². The standard InChI is InChI=1S/C17H22BrN5O4S/c1-4-9-13(18)22-14(20-9)15(24)21-10-5-6-23(7-11(10)27-3)17-19-8(2)12(28-17)16(25)26/h10-11H,4-7H2,1-3H3,(H,20,22)(H,21,24)(H,25,26)/t10?,11-/m0/s1. The number of imidazole rings is 1. The molecule has 2 aromatic heterocycles. The van der Waals surface area contributed by atoms with E-state index in [1.165, 1.54) is 0 Å². The second-order valence-corrected chi connectivity index (χ2v) is 8.24. The van der Waals surface area contributed by atoms with Crippen LogP contribution in [0.25, 0.3) is 0 Å². The van der Waals surface area contributed by atoms with E-state index in [-0.39, 0.29) is 28.8 Å². The van der Waals surface area contributed by atoms with Crippen LogP contribution in [-0.4, -0.2) is 64.3 Å². The molecular weight excluding hydrogens is 450 g/mol. The van der Waals surface area contributed by atoms with E-state index in [1.807, 2.05) is 11.8 Å². The van der Waals surface area contributed by atoms with Crippen molar-refractivity contribution in [3.63, 3.8) is 0 Å². The molecule has 1 fully saturated rings. The molecule has 0 spiro atoms. The SMILES string of the molecule is CCc1[nH]c(C(=O)NC2CCN(c3nc(C)c(C(=O)O)s3)C[C@@H]2OC)nc1Br. The van der Waals surface area contributed by atoms with Gasteiger partial charge in [0.15, 0.2) is 11.0 Å². The van der Waals surface area contributed by atoms with Crippen molar-refractivity contribution in [3.8, 4) is 0 Å². The molecular formula is C17H22BrN5O4S. The van der Waals surface area contributed by atoms with E-state index in [0.717, 1.165) is 23.5 Å². The van der Waals surface area contributed by atoms with Gasteiger partial charge in [0.1, 0.15) is 9.48 Å². The van der Waals surface area contributed by atoms with Gasteiger partial charge in [-0.2, -0.15) is 0 Å². The first kappa shape index (κ1) is 20.7. The number of carboxylic acids is 1. The second-order valence-electron chi connectivity index (χ2n) is 6.51. The largest absolute Gasteiger partial charge is 0.477 e. The van der Waals surface area contributed by atoms with E-state index >= 15 is 0 Å². The van der Waals surface area contributed by atoms with Crippen LogP contribution in [0.3, 0.4) is 0 Å². The summed E-state index contributed by atoms with van der Waals surface area (Å²) in [4.78, 5) is 37.7. The molecule has 9 nitrogen and oxygen atoms in total. The van der Waals surface area contributed by atoms with Gasteiger partial charge in [0.2, 0.25) is 0 Å². The number of thiazole rings is 1. The molecule has 0 aromatic carbocycles. The molecule has 0 bridgehead atoms. The number of aromatic carboxylic acids is 1. The van der Waals surface area contributed by atoms with Gasteiger partial charge in [-0.1, -0.05) is 18.3 Å². The predicted molar refractivity (Wildman–Crippen MR) is 108 cm³/mol. The summed E-state index contributed by atoms with van der Waals surface area (Å²) < 4.78 is 6.24. The molecule has 1 unspecified atom stereocenters. The van der Waals surface area contributed by atoms with Crippen molar-refractivity contribution in [2.75, 3.05) is 25.1 Å². The Labute approximate surface area is 174 Å². The Hall–Kier alpha value is -1.98. The molecule has 1 aliphatic heterocycles. The van der Waals surface area contributed by atoms with Crippen LogP contribution in [0.2, 0.25) is 0 Å². The molecule has 3 heterocycles. The van der Waals surface area contributed by atoms with Crippen molar-refractivity contribution in [2.45, 2.75) is 38.8 Å². The van der Waals surface area contributed by atoms with Gasteiger partial charge in [-0.15, -0.1) is 0 Å². The first-order valence-electron chi connectivity index (χ1n) is 8.87. The maximum Gasteiger partial charge on any atom is 0.347 e. The lowest BCUT2D eigenvalue weighted by molar-refractivity contribution is 0.0538. The summed E-state index contributed by atoms with van der Waals surface area (Å²) in [5.41, 5.74) is 1.38. The zero-order valence-corrected chi connectivity index (χ0v) is 18.2. The number of aromatic nitrogens is 3. The monoisotopic (exact) mass is 471 g/mol. The molecule has 2 aromatic rings. The minimum absolute atomic E-state index is 0.178. The van der Waals surface area contributed by atoms with Gasteiger partial charge in [0.25, 0.3) is 5.91 Å². The van der Waals surface area contributed by atoms with Gasteiger partial charge in [-0.25, -0.2) is 14.8 Å². The highest BCUT2D eigenvalue weighted by atomic mass is 79.9. The molecule has 2 atom stereocenters. The van der Waals surface area contributed by atoms with Gasteiger partial charge in [-0.05, 0) is 35.7 Å². The molecule has 0 saturated carbocycles. The number of amides is 1. The average molecular weight is 472 g/mol. The molecule has 11 heteroatoms. The summed E-state index contributed by atoms with van der Waals surface area (Å²) in [7, 11) is 1.60. The fourth-order valence-electron chi connectivity index (χ4n) is 3.18. The zero-order valence-electron chi connectivity index (χ0n) is 15.8. The summed E-state index contributed by atoms with van der Waals surface area (Å²) in [6.45, 7) is 4.82. The van der Waals surface area contributed by atoms with Gasteiger partial charge in [0.05, 0.1) is 17.8 Å². The van der Waals surface area contributed by atoms with E-state index in [2.05, 4.69) is 36.2 Å². The number of nitrogens with one attached hydrogen (secondary N) is 2. The number of hydrogen-bond acceptors (Lipinski definition) is 7. The normalized spacial score (nSPS) is 19.6. The summed E-state index contributed by atoms with van der Waals surface area (Å²) >= 11 is 4.50. The van der Waals surface area contributed by atoms with Crippen LogP contribution in [0.5, 0.6) is 0 Å². The second kappa shape index (κ2) is 8.58. The molecule has 1 amide bonds. The number of piperidine rings is 1. The van der Waals surface area contributed by atoms with Crippen LogP contribution in [0.4, 0.5) is 5.13 Å². The molecule has 3 N–H and O–H groups in total. The molecule has 152 valence electrons. The van der Waals surface area contributed by atoms with Gasteiger partial charge >= 0.3 is 5.97 Å². The molecule has 0 radical (unpaired) electrons. The number of carboxylic acid groups (broad SMARTS) is 1. The van der Waals surface area contributed by atoms with Gasteiger partial charge < -0.3 is 25.0 Å². The highest BCUT2D eigenvalue weighted by Gasteiger charge is 2.33. The number of carbonyl (C=O) groups excluding carboxylic acids is 1. The van der Waals surface area contributed by atoms with Crippen LogP contribution in [0.15, 0.2) is 4.60 Å². The van der Waals surface area contributed by atoms with E-state index in [0.29, 0.717) is 34.9 Å². The number of aromatic amines is 1. The maximum atomic E-state index is 12.6. The third-order valence-electron chi connectivity index (χ3n) is 4.73. The zero-order chi connectivity index (χ0) is 20.4.